The molecule has 0 bridgehead atoms. The lowest BCUT2D eigenvalue weighted by atomic mass is 10.1. The number of anilines is 1. The highest BCUT2D eigenvalue weighted by molar-refractivity contribution is 14.1. The second kappa shape index (κ2) is 5.24. The number of ether oxygens (including phenoxy) is 1. The number of benzene rings is 1. The van der Waals surface area contributed by atoms with Gasteiger partial charge in [0.25, 0.3) is 0 Å². The first-order chi connectivity index (χ1) is 8.85. The van der Waals surface area contributed by atoms with Crippen molar-refractivity contribution in [2.75, 3.05) is 5.73 Å². The van der Waals surface area contributed by atoms with E-state index in [1.807, 2.05) is 28.7 Å². The third-order valence-corrected chi connectivity index (χ3v) is 3.15. The quantitative estimate of drug-likeness (QED) is 0.806. The summed E-state index contributed by atoms with van der Waals surface area (Å²) >= 11 is 2.04. The number of rotatable bonds is 2. The third kappa shape index (κ3) is 3.72. The van der Waals surface area contributed by atoms with Crippen LogP contribution in [0.25, 0.3) is 11.1 Å². The molecular weight excluding hydrogens is 372 g/mol. The smallest absolute Gasteiger partial charge is 0.406 e. The van der Waals surface area contributed by atoms with Gasteiger partial charge in [0.2, 0.25) is 0 Å². The maximum Gasteiger partial charge on any atom is 0.573 e. The normalized spacial score (nSPS) is 11.4. The average Bonchev–Trinajstić information content (AvgIpc) is 2.32. The summed E-state index contributed by atoms with van der Waals surface area (Å²) in [6.45, 7) is 0. The molecule has 0 radical (unpaired) electrons. The standard InChI is InChI=1S/C12H8F3IN2O/c13-12(14,15)19-9-3-1-7(2-4-9)8-5-10(16)11(17)18-6-8/h1-6H,(H2,17,18). The Balaban J connectivity index is 2.25. The van der Waals surface area contributed by atoms with Crippen LogP contribution in [0.2, 0.25) is 0 Å². The van der Waals surface area contributed by atoms with Crippen molar-refractivity contribution in [3.63, 3.8) is 0 Å². The van der Waals surface area contributed by atoms with E-state index in [9.17, 15) is 13.2 Å². The Bertz CT molecular complexity index is 585. The maximum atomic E-state index is 12.0. The minimum Gasteiger partial charge on any atom is -0.406 e. The number of alkyl halides is 3. The van der Waals surface area contributed by atoms with Gasteiger partial charge in [-0.2, -0.15) is 0 Å². The molecule has 19 heavy (non-hydrogen) atoms. The molecule has 0 aliphatic rings. The highest BCUT2D eigenvalue weighted by Crippen LogP contribution is 2.27. The van der Waals surface area contributed by atoms with E-state index in [0.717, 1.165) is 14.7 Å². The van der Waals surface area contributed by atoms with E-state index >= 15 is 0 Å². The molecule has 0 spiro atoms. The molecule has 0 amide bonds. The van der Waals surface area contributed by atoms with Gasteiger partial charge >= 0.3 is 6.36 Å². The van der Waals surface area contributed by atoms with Crippen molar-refractivity contribution in [1.29, 1.82) is 0 Å². The fourth-order valence-electron chi connectivity index (χ4n) is 1.46. The number of hydrogen-bond acceptors (Lipinski definition) is 3. The minimum atomic E-state index is -4.68. The number of hydrogen-bond donors (Lipinski definition) is 1. The number of pyridine rings is 1. The maximum absolute atomic E-state index is 12.0. The van der Waals surface area contributed by atoms with Gasteiger partial charge in [0, 0.05) is 11.8 Å². The Morgan fingerprint density at radius 2 is 1.74 bits per heavy atom. The number of nitrogens with two attached hydrogens (primary N) is 1. The zero-order chi connectivity index (χ0) is 14.0. The average molecular weight is 380 g/mol. The van der Waals surface area contributed by atoms with Crippen LogP contribution in [0.15, 0.2) is 36.5 Å². The SMILES string of the molecule is Nc1ncc(-c2ccc(OC(F)(F)F)cc2)cc1I. The summed E-state index contributed by atoms with van der Waals surface area (Å²) in [6, 6.07) is 7.38. The highest BCUT2D eigenvalue weighted by atomic mass is 127. The minimum absolute atomic E-state index is 0.255. The summed E-state index contributed by atoms with van der Waals surface area (Å²) in [6.07, 6.45) is -3.11. The molecule has 2 rings (SSSR count). The summed E-state index contributed by atoms with van der Waals surface area (Å²) in [7, 11) is 0. The zero-order valence-electron chi connectivity index (χ0n) is 9.41. The summed E-state index contributed by atoms with van der Waals surface area (Å²) in [5.41, 5.74) is 7.11. The second-order valence-electron chi connectivity index (χ2n) is 3.66. The van der Waals surface area contributed by atoms with Crippen LogP contribution in [-0.2, 0) is 0 Å². The van der Waals surface area contributed by atoms with Crippen LogP contribution in [0.1, 0.15) is 0 Å². The van der Waals surface area contributed by atoms with Crippen LogP contribution in [0.4, 0.5) is 19.0 Å². The molecule has 0 unspecified atom stereocenters. The second-order valence-corrected chi connectivity index (χ2v) is 4.83. The summed E-state index contributed by atoms with van der Waals surface area (Å²) in [4.78, 5) is 4.00. The lowest BCUT2D eigenvalue weighted by molar-refractivity contribution is -0.274. The van der Waals surface area contributed by atoms with Crippen LogP contribution >= 0.6 is 22.6 Å². The Kier molecular flexibility index (Phi) is 3.83. The summed E-state index contributed by atoms with van der Waals surface area (Å²) < 4.78 is 40.6. The molecular formula is C12H8F3IN2O. The van der Waals surface area contributed by atoms with E-state index in [4.69, 9.17) is 5.73 Å². The lowest BCUT2D eigenvalue weighted by Gasteiger charge is -2.09. The number of aromatic nitrogens is 1. The molecule has 7 heteroatoms. The predicted molar refractivity (Wildman–Crippen MR) is 73.5 cm³/mol. The van der Waals surface area contributed by atoms with Crippen LogP contribution in [0.3, 0.4) is 0 Å². The van der Waals surface area contributed by atoms with Crippen molar-refractivity contribution < 1.29 is 17.9 Å². The van der Waals surface area contributed by atoms with Gasteiger partial charge < -0.3 is 10.5 Å². The summed E-state index contributed by atoms with van der Waals surface area (Å²) in [5.74, 6) is 0.163. The lowest BCUT2D eigenvalue weighted by Crippen LogP contribution is -2.16. The Morgan fingerprint density at radius 3 is 2.26 bits per heavy atom. The first kappa shape index (κ1) is 13.9. The topological polar surface area (TPSA) is 48.1 Å². The van der Waals surface area contributed by atoms with Gasteiger partial charge in [-0.1, -0.05) is 12.1 Å². The molecule has 1 heterocycles. The monoisotopic (exact) mass is 380 g/mol. The van der Waals surface area contributed by atoms with Crippen molar-refractivity contribution >= 4 is 28.4 Å². The molecule has 0 aliphatic carbocycles. The van der Waals surface area contributed by atoms with Crippen molar-refractivity contribution in [2.45, 2.75) is 6.36 Å². The largest absolute Gasteiger partial charge is 0.573 e. The van der Waals surface area contributed by atoms with E-state index in [1.165, 1.54) is 24.3 Å². The van der Waals surface area contributed by atoms with Gasteiger partial charge in [-0.3, -0.25) is 0 Å². The van der Waals surface area contributed by atoms with Gasteiger partial charge in [0.15, 0.2) is 0 Å². The van der Waals surface area contributed by atoms with Crippen molar-refractivity contribution in [1.82, 2.24) is 4.98 Å². The Labute approximate surface area is 120 Å². The molecule has 0 fully saturated rings. The number of halogens is 4. The van der Waals surface area contributed by atoms with E-state index in [-0.39, 0.29) is 5.75 Å². The highest BCUT2D eigenvalue weighted by Gasteiger charge is 2.30. The van der Waals surface area contributed by atoms with Crippen LogP contribution in [0, 0.1) is 3.57 Å². The van der Waals surface area contributed by atoms with E-state index in [2.05, 4.69) is 9.72 Å². The molecule has 1 aromatic carbocycles. The van der Waals surface area contributed by atoms with Crippen LogP contribution in [-0.4, -0.2) is 11.3 Å². The van der Waals surface area contributed by atoms with E-state index in [0.29, 0.717) is 5.82 Å². The number of nitrogen functional groups attached to an aromatic ring is 1. The van der Waals surface area contributed by atoms with E-state index < -0.39 is 6.36 Å². The van der Waals surface area contributed by atoms with Gasteiger partial charge in [-0.25, -0.2) is 4.98 Å². The van der Waals surface area contributed by atoms with Gasteiger partial charge in [0.05, 0.1) is 3.57 Å². The Morgan fingerprint density at radius 1 is 1.11 bits per heavy atom. The fourth-order valence-corrected chi connectivity index (χ4v) is 1.93. The first-order valence-electron chi connectivity index (χ1n) is 5.12. The van der Waals surface area contributed by atoms with Gasteiger partial charge in [-0.15, -0.1) is 13.2 Å². The zero-order valence-corrected chi connectivity index (χ0v) is 11.6. The molecule has 3 nitrogen and oxygen atoms in total. The molecule has 0 saturated carbocycles. The fraction of sp³-hybridized carbons (Fsp3) is 0.0833. The van der Waals surface area contributed by atoms with Crippen LogP contribution in [0.5, 0.6) is 5.75 Å². The van der Waals surface area contributed by atoms with Crippen LogP contribution < -0.4 is 10.5 Å². The summed E-state index contributed by atoms with van der Waals surface area (Å²) in [5, 5.41) is 0. The first-order valence-corrected chi connectivity index (χ1v) is 6.20. The van der Waals surface area contributed by atoms with Crippen molar-refractivity contribution in [3.05, 3.63) is 40.1 Å². The molecule has 0 aliphatic heterocycles. The van der Waals surface area contributed by atoms with Gasteiger partial charge in [-0.05, 0) is 46.4 Å². The molecule has 2 aromatic rings. The van der Waals surface area contributed by atoms with Gasteiger partial charge in [0.1, 0.15) is 11.6 Å². The molecule has 100 valence electrons. The molecule has 0 saturated heterocycles. The molecule has 1 aromatic heterocycles. The van der Waals surface area contributed by atoms with Crippen molar-refractivity contribution in [3.8, 4) is 16.9 Å². The predicted octanol–water partition coefficient (Wildman–Crippen LogP) is 3.83. The third-order valence-electron chi connectivity index (χ3n) is 2.29. The number of nitrogens with zero attached hydrogens (tertiary/aromatic N) is 1. The Hall–Kier alpha value is -1.51. The van der Waals surface area contributed by atoms with E-state index in [1.54, 1.807) is 6.20 Å². The molecule has 0 atom stereocenters. The van der Waals surface area contributed by atoms with Crippen molar-refractivity contribution in [2.24, 2.45) is 0 Å². The molecule has 2 N–H and O–H groups in total.